The molecule has 1 aliphatic heterocycles. The van der Waals surface area contributed by atoms with Crippen LogP contribution in [0.25, 0.3) is 10.9 Å². The molecule has 4 aromatic rings. The lowest BCUT2D eigenvalue weighted by Crippen LogP contribution is -2.36. The quantitative estimate of drug-likeness (QED) is 0.493. The SMILES string of the molecule is CN1CCN(C(=O)c2cccc(Nc3ncccn3)c2)C[C@H](Cc2cccc3cccnc23)C1. The molecule has 1 fully saturated rings. The van der Waals surface area contributed by atoms with Gasteiger partial charge in [0.05, 0.1) is 5.52 Å². The number of aromatic nitrogens is 3. The highest BCUT2D eigenvalue weighted by molar-refractivity contribution is 5.95. The standard InChI is InChI=1S/C27H28N6O/c1-32-14-15-33(19-20(18-32)16-22-7-2-6-21-9-4-11-28-25(21)22)26(34)23-8-3-10-24(17-23)31-27-29-12-5-13-30-27/h2-13,17,20H,14-16,18-19H2,1H3,(H,29,30,31)/t20-/m1/s1. The molecule has 0 saturated carbocycles. The molecule has 0 unspecified atom stereocenters. The van der Waals surface area contributed by atoms with E-state index in [9.17, 15) is 4.79 Å². The lowest BCUT2D eigenvalue weighted by molar-refractivity contribution is 0.0746. The van der Waals surface area contributed by atoms with E-state index in [0.717, 1.165) is 36.1 Å². The summed E-state index contributed by atoms with van der Waals surface area (Å²) in [4.78, 5) is 30.9. The number of amides is 1. The number of rotatable bonds is 5. The second kappa shape index (κ2) is 9.97. The summed E-state index contributed by atoms with van der Waals surface area (Å²) in [5.74, 6) is 0.879. The van der Waals surface area contributed by atoms with Gasteiger partial charge in [-0.05, 0) is 55.3 Å². The van der Waals surface area contributed by atoms with Gasteiger partial charge < -0.3 is 15.1 Å². The van der Waals surface area contributed by atoms with Crippen molar-refractivity contribution < 1.29 is 4.79 Å². The second-order valence-corrected chi connectivity index (χ2v) is 8.85. The first-order valence-corrected chi connectivity index (χ1v) is 11.6. The maximum atomic E-state index is 13.5. The van der Waals surface area contributed by atoms with Crippen molar-refractivity contribution in [3.63, 3.8) is 0 Å². The van der Waals surface area contributed by atoms with Crippen LogP contribution in [0, 0.1) is 5.92 Å². The number of fused-ring (bicyclic) bond motifs is 1. The van der Waals surface area contributed by atoms with Gasteiger partial charge in [-0.1, -0.05) is 30.3 Å². The second-order valence-electron chi connectivity index (χ2n) is 8.85. The molecule has 0 spiro atoms. The van der Waals surface area contributed by atoms with Crippen LogP contribution in [-0.2, 0) is 6.42 Å². The molecule has 7 nitrogen and oxygen atoms in total. The Labute approximate surface area is 199 Å². The van der Waals surface area contributed by atoms with E-state index in [0.29, 0.717) is 30.5 Å². The maximum Gasteiger partial charge on any atom is 0.253 e. The number of carbonyl (C=O) groups excluding carboxylic acids is 1. The van der Waals surface area contributed by atoms with Crippen LogP contribution >= 0.6 is 0 Å². The van der Waals surface area contributed by atoms with Gasteiger partial charge in [-0.2, -0.15) is 0 Å². The van der Waals surface area contributed by atoms with Crippen molar-refractivity contribution in [3.8, 4) is 0 Å². The molecular formula is C27H28N6O. The molecule has 1 saturated heterocycles. The van der Waals surface area contributed by atoms with Crippen LogP contribution in [0.5, 0.6) is 0 Å². The maximum absolute atomic E-state index is 13.5. The molecule has 2 aromatic heterocycles. The first-order valence-electron chi connectivity index (χ1n) is 11.6. The predicted octanol–water partition coefficient (Wildman–Crippen LogP) is 4.01. The number of carbonyl (C=O) groups is 1. The monoisotopic (exact) mass is 452 g/mol. The van der Waals surface area contributed by atoms with E-state index in [2.05, 4.69) is 56.5 Å². The molecule has 7 heteroatoms. The summed E-state index contributed by atoms with van der Waals surface area (Å²) in [6.07, 6.45) is 6.10. The van der Waals surface area contributed by atoms with E-state index in [-0.39, 0.29) is 5.91 Å². The zero-order valence-electron chi connectivity index (χ0n) is 19.3. The Kier molecular flexibility index (Phi) is 6.44. The molecule has 1 aliphatic rings. The Morgan fingerprint density at radius 3 is 2.62 bits per heavy atom. The Bertz CT molecular complexity index is 1270. The smallest absolute Gasteiger partial charge is 0.253 e. The van der Waals surface area contributed by atoms with Crippen LogP contribution < -0.4 is 5.32 Å². The lowest BCUT2D eigenvalue weighted by Gasteiger charge is -2.25. The Morgan fingerprint density at radius 1 is 0.941 bits per heavy atom. The van der Waals surface area contributed by atoms with Crippen molar-refractivity contribution in [1.29, 1.82) is 0 Å². The molecule has 0 aliphatic carbocycles. The molecule has 172 valence electrons. The van der Waals surface area contributed by atoms with Gasteiger partial charge in [-0.25, -0.2) is 9.97 Å². The van der Waals surface area contributed by atoms with Gasteiger partial charge in [-0.3, -0.25) is 9.78 Å². The van der Waals surface area contributed by atoms with Gasteiger partial charge in [-0.15, -0.1) is 0 Å². The van der Waals surface area contributed by atoms with Crippen molar-refractivity contribution in [1.82, 2.24) is 24.8 Å². The first-order chi connectivity index (χ1) is 16.7. The van der Waals surface area contributed by atoms with E-state index in [1.807, 2.05) is 41.4 Å². The number of hydrogen-bond acceptors (Lipinski definition) is 6. The number of nitrogens with one attached hydrogen (secondary N) is 1. The number of hydrogen-bond donors (Lipinski definition) is 1. The number of benzene rings is 2. The summed E-state index contributed by atoms with van der Waals surface area (Å²) in [7, 11) is 2.13. The minimum absolute atomic E-state index is 0.0500. The Morgan fingerprint density at radius 2 is 1.74 bits per heavy atom. The molecule has 0 bridgehead atoms. The van der Waals surface area contributed by atoms with Gasteiger partial charge in [0.15, 0.2) is 0 Å². The fourth-order valence-corrected chi connectivity index (χ4v) is 4.65. The van der Waals surface area contributed by atoms with E-state index in [1.165, 1.54) is 5.56 Å². The van der Waals surface area contributed by atoms with Gasteiger partial charge in [0, 0.05) is 61.4 Å². The number of nitrogens with zero attached hydrogens (tertiary/aromatic N) is 5. The minimum atomic E-state index is 0.0500. The molecule has 1 atom stereocenters. The van der Waals surface area contributed by atoms with E-state index in [1.54, 1.807) is 18.5 Å². The fourth-order valence-electron chi connectivity index (χ4n) is 4.65. The van der Waals surface area contributed by atoms with Crippen molar-refractivity contribution in [2.75, 3.05) is 38.5 Å². The van der Waals surface area contributed by atoms with Crippen molar-refractivity contribution in [2.24, 2.45) is 5.92 Å². The summed E-state index contributed by atoms with van der Waals surface area (Å²) >= 11 is 0. The minimum Gasteiger partial charge on any atom is -0.337 e. The van der Waals surface area contributed by atoms with Crippen LogP contribution in [0.2, 0.25) is 0 Å². The average Bonchev–Trinajstić information content (AvgIpc) is 3.05. The highest BCUT2D eigenvalue weighted by Crippen LogP contribution is 2.23. The van der Waals surface area contributed by atoms with Crippen LogP contribution in [-0.4, -0.2) is 63.9 Å². The van der Waals surface area contributed by atoms with Gasteiger partial charge >= 0.3 is 0 Å². The summed E-state index contributed by atoms with van der Waals surface area (Å²) in [6.45, 7) is 3.22. The highest BCUT2D eigenvalue weighted by atomic mass is 16.2. The zero-order valence-corrected chi connectivity index (χ0v) is 19.3. The summed E-state index contributed by atoms with van der Waals surface area (Å²) in [6, 6.07) is 19.7. The van der Waals surface area contributed by atoms with Crippen LogP contribution in [0.4, 0.5) is 11.6 Å². The molecule has 34 heavy (non-hydrogen) atoms. The molecule has 3 heterocycles. The normalized spacial score (nSPS) is 16.9. The first kappa shape index (κ1) is 22.0. The topological polar surface area (TPSA) is 74.2 Å². The van der Waals surface area contributed by atoms with Crippen LogP contribution in [0.3, 0.4) is 0 Å². The summed E-state index contributed by atoms with van der Waals surface area (Å²) in [5.41, 5.74) is 3.75. The number of para-hydroxylation sites is 1. The number of anilines is 2. The number of pyridine rings is 1. The van der Waals surface area contributed by atoms with Gasteiger partial charge in [0.25, 0.3) is 5.91 Å². The largest absolute Gasteiger partial charge is 0.337 e. The lowest BCUT2D eigenvalue weighted by atomic mass is 9.96. The van der Waals surface area contributed by atoms with Gasteiger partial charge in [0.1, 0.15) is 0 Å². The van der Waals surface area contributed by atoms with E-state index < -0.39 is 0 Å². The third-order valence-electron chi connectivity index (χ3n) is 6.24. The zero-order chi connectivity index (χ0) is 23.3. The summed E-state index contributed by atoms with van der Waals surface area (Å²) in [5, 5.41) is 4.33. The summed E-state index contributed by atoms with van der Waals surface area (Å²) < 4.78 is 0. The molecule has 5 rings (SSSR count). The molecular weight excluding hydrogens is 424 g/mol. The predicted molar refractivity (Wildman–Crippen MR) is 134 cm³/mol. The molecule has 1 amide bonds. The third-order valence-corrected chi connectivity index (χ3v) is 6.24. The Balaban J connectivity index is 1.34. The van der Waals surface area contributed by atoms with E-state index >= 15 is 0 Å². The van der Waals surface area contributed by atoms with Crippen LogP contribution in [0.15, 0.2) is 79.3 Å². The highest BCUT2D eigenvalue weighted by Gasteiger charge is 2.26. The van der Waals surface area contributed by atoms with Gasteiger partial charge in [0.2, 0.25) is 5.95 Å². The Hall–Kier alpha value is -3.84. The van der Waals surface area contributed by atoms with Crippen molar-refractivity contribution in [2.45, 2.75) is 6.42 Å². The molecule has 2 aromatic carbocycles. The number of likely N-dealkylation sites (N-methyl/N-ethyl adjacent to an activating group) is 1. The van der Waals surface area contributed by atoms with Crippen molar-refractivity contribution in [3.05, 3.63) is 90.4 Å². The molecule has 1 N–H and O–H groups in total. The fraction of sp³-hybridized carbons (Fsp3) is 0.259. The van der Waals surface area contributed by atoms with Crippen molar-refractivity contribution >= 4 is 28.4 Å². The molecule has 0 radical (unpaired) electrons. The van der Waals surface area contributed by atoms with E-state index in [4.69, 9.17) is 0 Å². The average molecular weight is 453 g/mol. The third kappa shape index (κ3) is 5.05. The van der Waals surface area contributed by atoms with Crippen LogP contribution in [0.1, 0.15) is 15.9 Å².